The number of ether oxygens (including phenoxy) is 5. The fourth-order valence-corrected chi connectivity index (χ4v) is 9.37. The Morgan fingerprint density at radius 2 is 0.573 bits per heavy atom. The van der Waals surface area contributed by atoms with Crippen LogP contribution in [-0.4, -0.2) is 56.7 Å². The number of benzene rings is 8. The zero-order valence-corrected chi connectivity index (χ0v) is 44.1. The van der Waals surface area contributed by atoms with E-state index < -0.39 is 62.1 Å². The minimum Gasteiger partial charge on any atom is -0.461 e. The molecule has 8 aromatic carbocycles. The molecule has 1 aliphatic heterocycles. The van der Waals surface area contributed by atoms with Gasteiger partial charge in [0.05, 0.1) is 23.7 Å². The highest BCUT2D eigenvalue weighted by Gasteiger charge is 2.48. The van der Waals surface area contributed by atoms with Gasteiger partial charge in [-0.05, 0) is 44.5 Å². The third kappa shape index (κ3) is 13.3. The van der Waals surface area contributed by atoms with Crippen LogP contribution in [0.1, 0.15) is 44.5 Å². The van der Waals surface area contributed by atoms with Crippen LogP contribution in [0.25, 0.3) is 22.3 Å². The van der Waals surface area contributed by atoms with Crippen LogP contribution in [0.5, 0.6) is 0 Å². The minimum atomic E-state index is -1.91. The molecular formula is C70H50N4O8. The maximum atomic E-state index is 14.7. The average molecular weight is 1080 g/mol. The molecule has 2 unspecified atom stereocenters. The third-order valence-electron chi connectivity index (χ3n) is 13.4. The van der Waals surface area contributed by atoms with E-state index in [1.807, 2.05) is 60.7 Å². The fraction of sp³-hybridized carbons (Fsp3) is 0.100. The van der Waals surface area contributed by atoms with Crippen molar-refractivity contribution in [2.45, 2.75) is 12.4 Å². The third-order valence-corrected chi connectivity index (χ3v) is 13.4. The molecule has 0 saturated carbocycles. The van der Waals surface area contributed by atoms with Gasteiger partial charge in [0.2, 0.25) is 0 Å². The maximum Gasteiger partial charge on any atom is 0.349 e. The highest BCUT2D eigenvalue weighted by atomic mass is 16.8. The maximum absolute atomic E-state index is 14.7. The van der Waals surface area contributed by atoms with Gasteiger partial charge in [-0.3, -0.25) is 0 Å². The summed E-state index contributed by atoms with van der Waals surface area (Å²) in [5.74, 6) is -3.25. The van der Waals surface area contributed by atoms with Crippen LogP contribution >= 0.6 is 0 Å². The van der Waals surface area contributed by atoms with E-state index in [0.29, 0.717) is 39.0 Å². The molecule has 1 heterocycles. The predicted octanol–water partition coefficient (Wildman–Crippen LogP) is 12.4. The van der Waals surface area contributed by atoms with E-state index in [4.69, 9.17) is 23.7 Å². The molecule has 2 atom stereocenters. The summed E-state index contributed by atoms with van der Waals surface area (Å²) < 4.78 is 31.2. The van der Waals surface area contributed by atoms with Gasteiger partial charge in [0.15, 0.2) is 6.29 Å². The van der Waals surface area contributed by atoms with Gasteiger partial charge >= 0.3 is 17.9 Å². The second-order valence-electron chi connectivity index (χ2n) is 18.9. The Morgan fingerprint density at radius 3 is 0.793 bits per heavy atom. The highest BCUT2D eigenvalue weighted by Crippen LogP contribution is 2.40. The van der Waals surface area contributed by atoms with Gasteiger partial charge in [0.1, 0.15) is 60.9 Å². The van der Waals surface area contributed by atoms with Crippen molar-refractivity contribution in [3.63, 3.8) is 0 Å². The van der Waals surface area contributed by atoms with Crippen LogP contribution in [0.15, 0.2) is 265 Å². The molecule has 1 fully saturated rings. The number of nitriles is 4. The second kappa shape index (κ2) is 27.1. The van der Waals surface area contributed by atoms with Gasteiger partial charge in [-0.25, -0.2) is 14.4 Å². The Hall–Kier alpha value is -11.0. The summed E-state index contributed by atoms with van der Waals surface area (Å²) in [5.41, 5.74) is 3.31. The summed E-state index contributed by atoms with van der Waals surface area (Å²) in [5, 5.41) is 43.4. The van der Waals surface area contributed by atoms with Crippen LogP contribution in [0, 0.1) is 50.7 Å². The number of carbonyl (C=O) groups is 3. The first-order chi connectivity index (χ1) is 40.3. The quantitative estimate of drug-likeness (QED) is 0.0217. The monoisotopic (exact) mass is 1070 g/mol. The molecule has 8 aromatic rings. The van der Waals surface area contributed by atoms with Gasteiger partial charge < -0.3 is 23.7 Å². The molecule has 0 N–H and O–H groups in total. The molecule has 82 heavy (non-hydrogen) atoms. The van der Waals surface area contributed by atoms with Crippen LogP contribution in [0.2, 0.25) is 0 Å². The summed E-state index contributed by atoms with van der Waals surface area (Å²) in [7, 11) is 0. The van der Waals surface area contributed by atoms with Crippen molar-refractivity contribution in [2.75, 3.05) is 26.4 Å². The van der Waals surface area contributed by atoms with E-state index in [1.165, 1.54) is 0 Å². The molecule has 9 rings (SSSR count). The normalized spacial score (nSPS) is 12.9. The van der Waals surface area contributed by atoms with Gasteiger partial charge in [-0.1, -0.05) is 243 Å². The van der Waals surface area contributed by atoms with E-state index in [9.17, 15) is 35.4 Å². The molecule has 0 radical (unpaired) electrons. The average Bonchev–Trinajstić information content (AvgIpc) is 4.49. The number of carbonyl (C=O) groups excluding carboxylic acids is 3. The molecular weight excluding hydrogens is 1020 g/mol. The summed E-state index contributed by atoms with van der Waals surface area (Å²) >= 11 is 0. The lowest BCUT2D eigenvalue weighted by molar-refractivity contribution is -0.163. The molecule has 1 aliphatic rings. The molecule has 398 valence electrons. The van der Waals surface area contributed by atoms with Crippen LogP contribution in [0.4, 0.5) is 0 Å². The van der Waals surface area contributed by atoms with E-state index in [1.54, 1.807) is 182 Å². The second-order valence-corrected chi connectivity index (χ2v) is 18.9. The van der Waals surface area contributed by atoms with Gasteiger partial charge in [-0.2, -0.15) is 21.0 Å². The summed E-state index contributed by atoms with van der Waals surface area (Å²) in [6.07, 6.45) is -2.05. The number of rotatable bonds is 21. The lowest BCUT2D eigenvalue weighted by atomic mass is 9.90. The van der Waals surface area contributed by atoms with Crippen molar-refractivity contribution in [3.8, 4) is 24.3 Å². The molecule has 0 spiro atoms. The smallest absolute Gasteiger partial charge is 0.349 e. The van der Waals surface area contributed by atoms with E-state index in [2.05, 4.69) is 24.3 Å². The van der Waals surface area contributed by atoms with Crippen LogP contribution < -0.4 is 0 Å². The molecule has 1 saturated heterocycles. The molecule has 0 aliphatic carbocycles. The lowest BCUT2D eigenvalue weighted by Gasteiger charge is -2.32. The Balaban J connectivity index is 1.16. The summed E-state index contributed by atoms with van der Waals surface area (Å²) in [6.45, 7) is -2.82. The lowest BCUT2D eigenvalue weighted by Crippen LogP contribution is -2.44. The standard InChI is InChI=1S/C70H50N4O8/c71-41-57(61(49-25-9-1-10-26-49)50-27-11-2-12-28-50)65-69(82-65)81-48-70(45-78-66(75)58(42-72)62(51-29-13-3-14-30-51)52-31-15-4-16-32-52,46-79-67(76)59(43-73)63(53-33-17-5-18-34-53)54-35-19-6-20-36-54)47-80-68(77)60(44-74)64(55-37-21-7-22-38-55)56-39-23-8-24-40-56/h1-40,65,69H,45-48H2. The first kappa shape index (κ1) is 55.8. The van der Waals surface area contributed by atoms with Crippen molar-refractivity contribution in [3.05, 3.63) is 309 Å². The van der Waals surface area contributed by atoms with Crippen LogP contribution in [-0.2, 0) is 38.1 Å². The summed E-state index contributed by atoms with van der Waals surface area (Å²) in [6, 6.07) is 80.1. The molecule has 0 bridgehead atoms. The van der Waals surface area contributed by atoms with E-state index >= 15 is 0 Å². The minimum absolute atomic E-state index is 0.242. The fourth-order valence-electron chi connectivity index (χ4n) is 9.37. The Morgan fingerprint density at radius 1 is 0.341 bits per heavy atom. The number of esters is 3. The number of epoxide rings is 1. The number of hydrogen-bond donors (Lipinski definition) is 0. The van der Waals surface area contributed by atoms with Crippen molar-refractivity contribution in [2.24, 2.45) is 5.41 Å². The predicted molar refractivity (Wildman–Crippen MR) is 308 cm³/mol. The van der Waals surface area contributed by atoms with Crippen LogP contribution in [0.3, 0.4) is 0 Å². The molecule has 12 nitrogen and oxygen atoms in total. The van der Waals surface area contributed by atoms with Crippen molar-refractivity contribution >= 4 is 40.2 Å². The molecule has 12 heteroatoms. The van der Waals surface area contributed by atoms with Gasteiger partial charge in [0, 0.05) is 22.3 Å². The Bertz CT molecular complexity index is 3390. The van der Waals surface area contributed by atoms with Gasteiger partial charge in [0.25, 0.3) is 0 Å². The number of nitrogens with zero attached hydrogens (tertiary/aromatic N) is 4. The first-order valence-electron chi connectivity index (χ1n) is 26.1. The topological polar surface area (TPSA) is 196 Å². The summed E-state index contributed by atoms with van der Waals surface area (Å²) in [4.78, 5) is 44.2. The molecule has 0 amide bonds. The zero-order chi connectivity index (χ0) is 57.1. The zero-order valence-electron chi connectivity index (χ0n) is 44.1. The van der Waals surface area contributed by atoms with Crippen molar-refractivity contribution in [1.29, 1.82) is 21.0 Å². The number of hydrogen-bond acceptors (Lipinski definition) is 12. The largest absolute Gasteiger partial charge is 0.461 e. The Labute approximate surface area is 475 Å². The van der Waals surface area contributed by atoms with Crippen molar-refractivity contribution < 1.29 is 38.1 Å². The van der Waals surface area contributed by atoms with E-state index in [0.717, 1.165) is 11.1 Å². The first-order valence-corrected chi connectivity index (χ1v) is 26.1. The van der Waals surface area contributed by atoms with E-state index in [-0.39, 0.29) is 39.0 Å². The Kier molecular flexibility index (Phi) is 18.4. The highest BCUT2D eigenvalue weighted by molar-refractivity contribution is 6.07. The molecule has 0 aromatic heterocycles. The van der Waals surface area contributed by atoms with Gasteiger partial charge in [-0.15, -0.1) is 0 Å². The SMILES string of the molecule is N#CC(C(=O)OCC(COC(=O)C(C#N)=C(c1ccccc1)c1ccccc1)(COC(=O)C(C#N)=C(c1ccccc1)c1ccccc1)COC1OC1C(C#N)=C(c1ccccc1)c1ccccc1)=C(c1ccccc1)c1ccccc1. The van der Waals surface area contributed by atoms with Crippen molar-refractivity contribution in [1.82, 2.24) is 0 Å².